The van der Waals surface area contributed by atoms with Crippen LogP contribution in [-0.2, 0) is 19.1 Å². The first-order valence-electron chi connectivity index (χ1n) is 10.7. The predicted molar refractivity (Wildman–Crippen MR) is 110 cm³/mol. The van der Waals surface area contributed by atoms with Gasteiger partial charge in [-0.2, -0.15) is 0 Å². The zero-order valence-corrected chi connectivity index (χ0v) is 19.3. The number of carbonyl (C=O) groups excluding carboxylic acids is 3. The second-order valence-corrected chi connectivity index (χ2v) is 10.8. The molecular weight excluding hydrogens is 372 g/mol. The van der Waals surface area contributed by atoms with E-state index >= 15 is 0 Å². The number of carbonyl (C=O) groups is 3. The van der Waals surface area contributed by atoms with Gasteiger partial charge in [0.05, 0.1) is 5.41 Å². The van der Waals surface area contributed by atoms with Crippen molar-refractivity contribution in [2.24, 2.45) is 11.3 Å². The third-order valence-corrected chi connectivity index (χ3v) is 5.39. The van der Waals surface area contributed by atoms with Gasteiger partial charge in [-0.05, 0) is 66.7 Å². The van der Waals surface area contributed by atoms with E-state index in [4.69, 9.17) is 9.47 Å². The van der Waals surface area contributed by atoms with Crippen molar-refractivity contribution in [3.63, 3.8) is 0 Å². The van der Waals surface area contributed by atoms with E-state index in [1.165, 1.54) is 0 Å². The number of esters is 1. The average molecular weight is 411 g/mol. The number of piperidine rings is 1. The van der Waals surface area contributed by atoms with E-state index in [0.717, 1.165) is 12.8 Å². The first-order valence-corrected chi connectivity index (χ1v) is 10.7. The maximum Gasteiger partial charge on any atom is 0.410 e. The highest BCUT2D eigenvalue weighted by molar-refractivity contribution is 5.90. The quantitative estimate of drug-likeness (QED) is 0.665. The molecule has 0 aromatic rings. The van der Waals surface area contributed by atoms with Crippen molar-refractivity contribution in [1.82, 2.24) is 9.80 Å². The molecule has 166 valence electrons. The van der Waals surface area contributed by atoms with Crippen LogP contribution in [0.25, 0.3) is 0 Å². The maximum absolute atomic E-state index is 13.6. The molecule has 2 heterocycles. The van der Waals surface area contributed by atoms with Crippen LogP contribution in [0.1, 0.15) is 74.7 Å². The van der Waals surface area contributed by atoms with Crippen LogP contribution in [0.4, 0.5) is 4.79 Å². The Balaban J connectivity index is 2.18. The number of rotatable bonds is 3. The van der Waals surface area contributed by atoms with Gasteiger partial charge in [-0.3, -0.25) is 4.79 Å². The van der Waals surface area contributed by atoms with E-state index in [0.29, 0.717) is 26.1 Å². The van der Waals surface area contributed by atoms with E-state index in [1.54, 1.807) is 9.80 Å². The highest BCUT2D eigenvalue weighted by Gasteiger charge is 2.52. The SMILES string of the molecule is CC(C)[C@@H](C(=O)OC(C)(C)C)N1CCC[C@@]2(CCN(C(=O)OC(C)(C)C)C2)C1=O. The summed E-state index contributed by atoms with van der Waals surface area (Å²) < 4.78 is 11.1. The molecule has 29 heavy (non-hydrogen) atoms. The van der Waals surface area contributed by atoms with E-state index < -0.39 is 22.7 Å². The molecule has 0 radical (unpaired) electrons. The summed E-state index contributed by atoms with van der Waals surface area (Å²) in [7, 11) is 0. The van der Waals surface area contributed by atoms with Gasteiger partial charge in [0, 0.05) is 19.6 Å². The van der Waals surface area contributed by atoms with Crippen LogP contribution in [0.5, 0.6) is 0 Å². The van der Waals surface area contributed by atoms with Crippen LogP contribution in [0.2, 0.25) is 0 Å². The summed E-state index contributed by atoms with van der Waals surface area (Å²) in [6.07, 6.45) is 1.74. The summed E-state index contributed by atoms with van der Waals surface area (Å²) >= 11 is 0. The Kier molecular flexibility index (Phi) is 6.60. The van der Waals surface area contributed by atoms with Crippen LogP contribution < -0.4 is 0 Å². The lowest BCUT2D eigenvalue weighted by atomic mass is 9.77. The molecule has 0 bridgehead atoms. The van der Waals surface area contributed by atoms with Gasteiger partial charge in [0.25, 0.3) is 0 Å². The van der Waals surface area contributed by atoms with Gasteiger partial charge in [0.2, 0.25) is 5.91 Å². The second-order valence-electron chi connectivity index (χ2n) is 10.8. The van der Waals surface area contributed by atoms with Gasteiger partial charge in [0.1, 0.15) is 17.2 Å². The summed E-state index contributed by atoms with van der Waals surface area (Å²) in [6, 6.07) is -0.616. The van der Waals surface area contributed by atoms with Gasteiger partial charge >= 0.3 is 12.1 Å². The first-order chi connectivity index (χ1) is 13.2. The molecule has 7 nitrogen and oxygen atoms in total. The molecule has 0 aliphatic carbocycles. The van der Waals surface area contributed by atoms with Crippen LogP contribution in [-0.4, -0.2) is 64.6 Å². The molecule has 2 atom stereocenters. The third kappa shape index (κ3) is 5.64. The van der Waals surface area contributed by atoms with Crippen LogP contribution in [0.15, 0.2) is 0 Å². The Morgan fingerprint density at radius 3 is 2.07 bits per heavy atom. The van der Waals surface area contributed by atoms with Gasteiger partial charge in [-0.25, -0.2) is 9.59 Å². The Labute approximate surface area is 175 Å². The standard InChI is InChI=1S/C22H38N2O5/c1-15(2)16(17(25)28-20(3,4)5)24-12-9-10-22(18(24)26)11-13-23(14-22)19(27)29-21(6,7)8/h15-16H,9-14H2,1-8H3/t16-,22-/m0/s1. The lowest BCUT2D eigenvalue weighted by Gasteiger charge is -2.43. The zero-order valence-electron chi connectivity index (χ0n) is 19.3. The molecule has 2 amide bonds. The summed E-state index contributed by atoms with van der Waals surface area (Å²) in [5.41, 5.74) is -1.82. The molecule has 0 aromatic carbocycles. The van der Waals surface area contributed by atoms with E-state index in [1.807, 2.05) is 55.4 Å². The largest absolute Gasteiger partial charge is 0.458 e. The molecule has 0 saturated carbocycles. The molecule has 0 aromatic heterocycles. The van der Waals surface area contributed by atoms with Crippen molar-refractivity contribution >= 4 is 18.0 Å². The summed E-state index contributed by atoms with van der Waals surface area (Å²) in [4.78, 5) is 42.2. The van der Waals surface area contributed by atoms with Crippen molar-refractivity contribution in [2.45, 2.75) is 91.9 Å². The van der Waals surface area contributed by atoms with Gasteiger partial charge in [-0.1, -0.05) is 13.8 Å². The normalized spacial score (nSPS) is 24.2. The van der Waals surface area contributed by atoms with Crippen molar-refractivity contribution in [2.75, 3.05) is 19.6 Å². The highest BCUT2D eigenvalue weighted by atomic mass is 16.6. The van der Waals surface area contributed by atoms with Gasteiger partial charge < -0.3 is 19.3 Å². The molecule has 2 aliphatic heterocycles. The Hall–Kier alpha value is -1.79. The average Bonchev–Trinajstić information content (AvgIpc) is 2.93. The predicted octanol–water partition coefficient (Wildman–Crippen LogP) is 3.60. The lowest BCUT2D eigenvalue weighted by Crippen LogP contribution is -2.58. The molecule has 0 N–H and O–H groups in total. The van der Waals surface area contributed by atoms with Crippen molar-refractivity contribution in [1.29, 1.82) is 0 Å². The monoisotopic (exact) mass is 410 g/mol. The van der Waals surface area contributed by atoms with Crippen molar-refractivity contribution in [3.05, 3.63) is 0 Å². The summed E-state index contributed by atoms with van der Waals surface area (Å²) in [5, 5.41) is 0. The van der Waals surface area contributed by atoms with Crippen molar-refractivity contribution < 1.29 is 23.9 Å². The number of likely N-dealkylation sites (tertiary alicyclic amines) is 2. The topological polar surface area (TPSA) is 76.2 Å². The van der Waals surface area contributed by atoms with E-state index in [-0.39, 0.29) is 23.9 Å². The summed E-state index contributed by atoms with van der Waals surface area (Å²) in [5.74, 6) is -0.466. The molecule has 2 rings (SSSR count). The zero-order chi connectivity index (χ0) is 22.2. The van der Waals surface area contributed by atoms with E-state index in [9.17, 15) is 14.4 Å². The molecular formula is C22H38N2O5. The molecule has 2 aliphatic rings. The smallest absolute Gasteiger partial charge is 0.410 e. The Morgan fingerprint density at radius 2 is 1.55 bits per heavy atom. The lowest BCUT2D eigenvalue weighted by molar-refractivity contribution is -0.171. The van der Waals surface area contributed by atoms with Crippen LogP contribution >= 0.6 is 0 Å². The van der Waals surface area contributed by atoms with Crippen LogP contribution in [0.3, 0.4) is 0 Å². The fourth-order valence-corrected chi connectivity index (χ4v) is 4.22. The Morgan fingerprint density at radius 1 is 0.966 bits per heavy atom. The highest BCUT2D eigenvalue weighted by Crippen LogP contribution is 2.41. The first kappa shape index (κ1) is 23.5. The van der Waals surface area contributed by atoms with Crippen molar-refractivity contribution in [3.8, 4) is 0 Å². The molecule has 2 fully saturated rings. The van der Waals surface area contributed by atoms with Crippen LogP contribution in [0, 0.1) is 11.3 Å². The minimum absolute atomic E-state index is 0.0423. The number of hydrogen-bond donors (Lipinski definition) is 0. The second kappa shape index (κ2) is 8.15. The summed E-state index contributed by atoms with van der Waals surface area (Å²) in [6.45, 7) is 16.2. The molecule has 1 spiro atoms. The van der Waals surface area contributed by atoms with Gasteiger partial charge in [0.15, 0.2) is 0 Å². The third-order valence-electron chi connectivity index (χ3n) is 5.39. The fraction of sp³-hybridized carbons (Fsp3) is 0.864. The molecule has 2 saturated heterocycles. The minimum atomic E-state index is -0.635. The minimum Gasteiger partial charge on any atom is -0.458 e. The molecule has 0 unspecified atom stereocenters. The number of hydrogen-bond acceptors (Lipinski definition) is 5. The fourth-order valence-electron chi connectivity index (χ4n) is 4.22. The number of ether oxygens (including phenoxy) is 2. The maximum atomic E-state index is 13.6. The van der Waals surface area contributed by atoms with E-state index in [2.05, 4.69) is 0 Å². The molecule has 7 heteroatoms. The Bertz CT molecular complexity index is 647. The van der Waals surface area contributed by atoms with Gasteiger partial charge in [-0.15, -0.1) is 0 Å². The number of amides is 2. The number of nitrogens with zero attached hydrogens (tertiary/aromatic N) is 2.